The lowest BCUT2D eigenvalue weighted by atomic mass is 9.93. The van der Waals surface area contributed by atoms with Crippen molar-refractivity contribution in [3.05, 3.63) is 71.8 Å². The topological polar surface area (TPSA) is 93.2 Å². The van der Waals surface area contributed by atoms with E-state index < -0.39 is 23.9 Å². The fourth-order valence-electron chi connectivity index (χ4n) is 4.39. The van der Waals surface area contributed by atoms with E-state index in [0.717, 1.165) is 17.5 Å². The summed E-state index contributed by atoms with van der Waals surface area (Å²) >= 11 is 0. The van der Waals surface area contributed by atoms with Crippen molar-refractivity contribution in [2.24, 2.45) is 5.92 Å². The molecule has 1 aliphatic heterocycles. The Hall–Kier alpha value is -3.52. The third kappa shape index (κ3) is 9.13. The quantitative estimate of drug-likeness (QED) is 0.383. The van der Waals surface area contributed by atoms with Crippen LogP contribution in [0.4, 0.5) is 0 Å². The number of rotatable bonds is 13. The van der Waals surface area contributed by atoms with Crippen molar-refractivity contribution < 1.29 is 28.7 Å². The summed E-state index contributed by atoms with van der Waals surface area (Å²) < 4.78 is 10.9. The Balaban J connectivity index is 1.61. The number of hydrogen-bond acceptors (Lipinski definition) is 7. The molecule has 1 fully saturated rings. The third-order valence-electron chi connectivity index (χ3n) is 6.34. The lowest BCUT2D eigenvalue weighted by Crippen LogP contribution is -2.45. The summed E-state index contributed by atoms with van der Waals surface area (Å²) in [5, 5.41) is 0. The summed E-state index contributed by atoms with van der Waals surface area (Å²) in [6, 6.07) is 18.1. The van der Waals surface area contributed by atoms with Gasteiger partial charge in [0.15, 0.2) is 5.78 Å². The SMILES string of the molecule is CN(C)CC(=O)N1CCC[C@H]1C(=O)C[C@@H](CCC(=O)OCc1ccccc1)C(=O)OCc1ccccc1. The maximum atomic E-state index is 13.3. The smallest absolute Gasteiger partial charge is 0.309 e. The third-order valence-corrected chi connectivity index (χ3v) is 6.34. The van der Waals surface area contributed by atoms with Gasteiger partial charge in [-0.1, -0.05) is 60.7 Å². The van der Waals surface area contributed by atoms with Crippen molar-refractivity contribution in [2.75, 3.05) is 27.2 Å². The predicted molar refractivity (Wildman–Crippen MR) is 138 cm³/mol. The number of likely N-dealkylation sites (N-methyl/N-ethyl adjacent to an activating group) is 1. The Morgan fingerprint density at radius 2 is 1.51 bits per heavy atom. The van der Waals surface area contributed by atoms with E-state index in [2.05, 4.69) is 0 Å². The van der Waals surface area contributed by atoms with Crippen LogP contribution in [-0.2, 0) is 41.9 Å². The minimum atomic E-state index is -0.799. The molecule has 0 N–H and O–H groups in total. The van der Waals surface area contributed by atoms with Crippen LogP contribution in [0.2, 0.25) is 0 Å². The van der Waals surface area contributed by atoms with Crippen LogP contribution in [-0.4, -0.2) is 66.7 Å². The average molecular weight is 509 g/mol. The van der Waals surface area contributed by atoms with Crippen molar-refractivity contribution >= 4 is 23.6 Å². The van der Waals surface area contributed by atoms with Crippen LogP contribution >= 0.6 is 0 Å². The van der Waals surface area contributed by atoms with Gasteiger partial charge in [-0.25, -0.2) is 0 Å². The lowest BCUT2D eigenvalue weighted by molar-refractivity contribution is -0.153. The fourth-order valence-corrected chi connectivity index (χ4v) is 4.39. The molecule has 0 aromatic heterocycles. The van der Waals surface area contributed by atoms with Gasteiger partial charge >= 0.3 is 11.9 Å². The first-order valence-corrected chi connectivity index (χ1v) is 12.7. The summed E-state index contributed by atoms with van der Waals surface area (Å²) in [5.74, 6) is -2.05. The molecule has 1 heterocycles. The minimum Gasteiger partial charge on any atom is -0.461 e. The van der Waals surface area contributed by atoms with Gasteiger partial charge in [0, 0.05) is 19.4 Å². The van der Waals surface area contributed by atoms with Crippen molar-refractivity contribution in [1.82, 2.24) is 9.80 Å². The molecule has 3 rings (SSSR count). The molecule has 2 atom stereocenters. The Kier molecular flexibility index (Phi) is 10.8. The molecular weight excluding hydrogens is 472 g/mol. The highest BCUT2D eigenvalue weighted by Gasteiger charge is 2.36. The van der Waals surface area contributed by atoms with E-state index in [4.69, 9.17) is 9.47 Å². The van der Waals surface area contributed by atoms with Gasteiger partial charge in [0.05, 0.1) is 18.5 Å². The predicted octanol–water partition coefficient (Wildman–Crippen LogP) is 3.38. The van der Waals surface area contributed by atoms with Gasteiger partial charge in [0.1, 0.15) is 13.2 Å². The Bertz CT molecular complexity index is 1040. The molecule has 2 aromatic rings. The van der Waals surface area contributed by atoms with Crippen molar-refractivity contribution in [3.63, 3.8) is 0 Å². The summed E-state index contributed by atoms with van der Waals surface area (Å²) in [5.41, 5.74) is 1.70. The van der Waals surface area contributed by atoms with Crippen LogP contribution < -0.4 is 0 Å². The highest BCUT2D eigenvalue weighted by molar-refractivity contribution is 5.92. The molecule has 37 heavy (non-hydrogen) atoms. The van der Waals surface area contributed by atoms with Crippen LogP contribution in [0, 0.1) is 5.92 Å². The molecule has 1 aliphatic rings. The van der Waals surface area contributed by atoms with Crippen LogP contribution in [0.1, 0.15) is 43.2 Å². The zero-order valence-corrected chi connectivity index (χ0v) is 21.6. The molecular formula is C29H36N2O6. The van der Waals surface area contributed by atoms with E-state index in [1.54, 1.807) is 23.9 Å². The number of benzene rings is 2. The van der Waals surface area contributed by atoms with Crippen molar-refractivity contribution in [3.8, 4) is 0 Å². The Morgan fingerprint density at radius 3 is 2.11 bits per heavy atom. The molecule has 0 aliphatic carbocycles. The van der Waals surface area contributed by atoms with E-state index in [0.29, 0.717) is 13.0 Å². The maximum Gasteiger partial charge on any atom is 0.309 e. The van der Waals surface area contributed by atoms with Crippen LogP contribution in [0.5, 0.6) is 0 Å². The van der Waals surface area contributed by atoms with Crippen LogP contribution in [0.15, 0.2) is 60.7 Å². The number of ketones is 1. The Labute approximate surface area is 218 Å². The van der Waals surface area contributed by atoms with Gasteiger partial charge in [-0.05, 0) is 44.5 Å². The normalized spacial score (nSPS) is 15.9. The van der Waals surface area contributed by atoms with Crippen molar-refractivity contribution in [2.45, 2.75) is 51.4 Å². The number of hydrogen-bond donors (Lipinski definition) is 0. The second-order valence-electron chi connectivity index (χ2n) is 9.63. The van der Waals surface area contributed by atoms with E-state index in [9.17, 15) is 19.2 Å². The lowest BCUT2D eigenvalue weighted by Gasteiger charge is -2.26. The number of amides is 1. The highest BCUT2D eigenvalue weighted by atomic mass is 16.5. The molecule has 0 bridgehead atoms. The maximum absolute atomic E-state index is 13.3. The zero-order chi connectivity index (χ0) is 26.6. The second kappa shape index (κ2) is 14.3. The molecule has 0 spiro atoms. The standard InChI is InChI=1S/C29H36N2O6/c1-30(2)19-27(33)31-17-9-14-25(31)26(32)18-24(29(35)37-21-23-12-7-4-8-13-23)15-16-28(34)36-20-22-10-5-3-6-11-22/h3-8,10-13,24-25H,9,14-21H2,1-2H3/t24-,25+/m1/s1. The molecule has 0 saturated carbocycles. The van der Waals surface area contributed by atoms with Crippen molar-refractivity contribution in [1.29, 1.82) is 0 Å². The van der Waals surface area contributed by atoms with Gasteiger partial charge in [0.25, 0.3) is 0 Å². The minimum absolute atomic E-state index is 0.0147. The number of carbonyl (C=O) groups excluding carboxylic acids is 4. The molecule has 8 nitrogen and oxygen atoms in total. The van der Waals surface area contributed by atoms with E-state index in [1.165, 1.54) is 0 Å². The largest absolute Gasteiger partial charge is 0.461 e. The summed E-state index contributed by atoms with van der Waals surface area (Å²) in [7, 11) is 3.61. The Morgan fingerprint density at radius 1 is 0.919 bits per heavy atom. The molecule has 1 saturated heterocycles. The first kappa shape index (κ1) is 28.1. The highest BCUT2D eigenvalue weighted by Crippen LogP contribution is 2.24. The van der Waals surface area contributed by atoms with Gasteiger partial charge in [-0.15, -0.1) is 0 Å². The van der Waals surface area contributed by atoms with Gasteiger partial charge < -0.3 is 19.3 Å². The molecule has 1 amide bonds. The summed E-state index contributed by atoms with van der Waals surface area (Å²) in [6.45, 7) is 0.976. The second-order valence-corrected chi connectivity index (χ2v) is 9.63. The first-order chi connectivity index (χ1) is 17.8. The summed E-state index contributed by atoms with van der Waals surface area (Å²) in [6.07, 6.45) is 1.34. The number of likely N-dealkylation sites (tertiary alicyclic amines) is 1. The first-order valence-electron chi connectivity index (χ1n) is 12.7. The summed E-state index contributed by atoms with van der Waals surface area (Å²) in [4.78, 5) is 54.7. The van der Waals surface area contributed by atoms with Gasteiger partial charge in [0.2, 0.25) is 5.91 Å². The van der Waals surface area contributed by atoms with Gasteiger partial charge in [-0.2, -0.15) is 0 Å². The fraction of sp³-hybridized carbons (Fsp3) is 0.448. The molecule has 2 aromatic carbocycles. The molecule has 8 heteroatoms. The van der Waals surface area contributed by atoms with Crippen LogP contribution in [0.25, 0.3) is 0 Å². The number of ether oxygens (including phenoxy) is 2. The zero-order valence-electron chi connectivity index (χ0n) is 21.6. The number of esters is 2. The van der Waals surface area contributed by atoms with E-state index in [-0.39, 0.29) is 50.7 Å². The molecule has 0 radical (unpaired) electrons. The monoisotopic (exact) mass is 508 g/mol. The van der Waals surface area contributed by atoms with Gasteiger partial charge in [-0.3, -0.25) is 19.2 Å². The van der Waals surface area contributed by atoms with E-state index >= 15 is 0 Å². The van der Waals surface area contributed by atoms with Crippen LogP contribution in [0.3, 0.4) is 0 Å². The number of nitrogens with zero attached hydrogens (tertiary/aromatic N) is 2. The number of carbonyl (C=O) groups is 4. The number of Topliss-reactive ketones (excluding diaryl/α,β-unsaturated/α-hetero) is 1. The molecule has 0 unspecified atom stereocenters. The van der Waals surface area contributed by atoms with E-state index in [1.807, 2.05) is 60.7 Å². The average Bonchev–Trinajstić information content (AvgIpc) is 3.40. The molecule has 198 valence electrons.